The summed E-state index contributed by atoms with van der Waals surface area (Å²) in [5.74, 6) is -0.417. The van der Waals surface area contributed by atoms with Gasteiger partial charge in [-0.3, -0.25) is 28.3 Å². The zero-order chi connectivity index (χ0) is 41.0. The van der Waals surface area contributed by atoms with Gasteiger partial charge in [-0.25, -0.2) is 13.6 Å². The molecule has 0 N–H and O–H groups in total. The van der Waals surface area contributed by atoms with Crippen molar-refractivity contribution in [2.24, 2.45) is 28.2 Å². The molecule has 11 nitrogen and oxygen atoms in total. The van der Waals surface area contributed by atoms with Gasteiger partial charge in [0.1, 0.15) is 0 Å². The molecule has 0 bridgehead atoms. The number of aromatic nitrogens is 7. The molecule has 0 fully saturated rings. The van der Waals surface area contributed by atoms with Crippen molar-refractivity contribution < 1.29 is 13.6 Å². The van der Waals surface area contributed by atoms with E-state index in [0.717, 1.165) is 72.3 Å². The largest absolute Gasteiger partial charge is 0.341 e. The fraction of sp³-hybridized carbons (Fsp3) is 0.239. The number of imidazole rings is 1. The second-order valence-corrected chi connectivity index (χ2v) is 15.9. The van der Waals surface area contributed by atoms with E-state index in [0.29, 0.717) is 29.8 Å². The first-order valence-corrected chi connectivity index (χ1v) is 19.6. The van der Waals surface area contributed by atoms with Crippen LogP contribution in [0.3, 0.4) is 0 Å². The molecule has 296 valence electrons. The van der Waals surface area contributed by atoms with Crippen LogP contribution < -0.4 is 15.5 Å². The van der Waals surface area contributed by atoms with Crippen LogP contribution in [0.1, 0.15) is 53.9 Å². The van der Waals surface area contributed by atoms with E-state index >= 15 is 8.78 Å². The maximum atomic E-state index is 15.2. The second-order valence-electron chi connectivity index (χ2n) is 15.9. The van der Waals surface area contributed by atoms with Gasteiger partial charge in [0.05, 0.1) is 35.0 Å². The third-order valence-electron chi connectivity index (χ3n) is 12.5. The van der Waals surface area contributed by atoms with Crippen LogP contribution in [0, 0.1) is 0 Å². The van der Waals surface area contributed by atoms with Crippen LogP contribution in [-0.2, 0) is 33.0 Å². The monoisotopic (exact) mass is 789 g/mol. The number of benzene rings is 4. The van der Waals surface area contributed by atoms with Crippen molar-refractivity contribution in [1.29, 1.82) is 0 Å². The van der Waals surface area contributed by atoms with Crippen LogP contribution in [0.2, 0.25) is 0 Å². The summed E-state index contributed by atoms with van der Waals surface area (Å²) in [7, 11) is 8.99. The SMILES string of the molecule is C[C@H]1C(=O)N(C)c2cc(N3CCC(c4ccc(-c5ccc6c(c5)n(C)c(=O)n6C)c5cnc(-c6cnn(C)c6)cc45)c4cc(-c5cnn(C)c5)c(C(F)F)cc43)ccc21. The minimum absolute atomic E-state index is 0.0283. The zero-order valence-electron chi connectivity index (χ0n) is 33.5. The Bertz CT molecular complexity index is 3100. The number of fused-ring (bicyclic) bond motifs is 4. The standard InChI is InChI=1S/C46H41F2N9O2/c1-25-30-9-8-29(16-41(30)54(4)45(25)58)57-14-13-33(36-17-34(27-20-50-52(2)23-27)37(44(47)48)19-42(36)57)32-11-10-31(26-7-12-40-43(15-26)56(6)46(59)55(40)5)38-22-49-39(18-35(32)38)28-21-51-53(3)24-28/h7-12,15-25,33,44H,13-14H2,1-6H3/t25-,33?/m1/s1. The Morgan fingerprint density at radius 2 is 1.41 bits per heavy atom. The molecule has 2 aliphatic rings. The van der Waals surface area contributed by atoms with Crippen LogP contribution in [0.5, 0.6) is 0 Å². The number of alkyl halides is 2. The molecule has 2 aliphatic heterocycles. The molecule has 59 heavy (non-hydrogen) atoms. The van der Waals surface area contributed by atoms with Crippen LogP contribution in [-0.4, -0.2) is 53.2 Å². The van der Waals surface area contributed by atoms with Gasteiger partial charge in [-0.05, 0) is 94.6 Å². The minimum atomic E-state index is -2.74. The Kier molecular flexibility index (Phi) is 8.24. The molecular weight excluding hydrogens is 749 g/mol. The summed E-state index contributed by atoms with van der Waals surface area (Å²) < 4.78 is 37.1. The van der Waals surface area contributed by atoms with E-state index in [1.54, 1.807) is 76.2 Å². The summed E-state index contributed by atoms with van der Waals surface area (Å²) in [4.78, 5) is 34.6. The topological polar surface area (TPSA) is 99.0 Å². The minimum Gasteiger partial charge on any atom is -0.341 e. The number of likely N-dealkylation sites (N-methyl/N-ethyl adjacent to an activating group) is 1. The van der Waals surface area contributed by atoms with E-state index in [2.05, 4.69) is 33.3 Å². The van der Waals surface area contributed by atoms with Crippen LogP contribution >= 0.6 is 0 Å². The Morgan fingerprint density at radius 1 is 0.678 bits per heavy atom. The zero-order valence-corrected chi connectivity index (χ0v) is 33.5. The van der Waals surface area contributed by atoms with Crippen molar-refractivity contribution in [1.82, 2.24) is 33.7 Å². The highest BCUT2D eigenvalue weighted by Gasteiger charge is 2.35. The molecule has 6 heterocycles. The van der Waals surface area contributed by atoms with Gasteiger partial charge in [-0.2, -0.15) is 10.2 Å². The molecule has 0 saturated carbocycles. The molecule has 4 aromatic carbocycles. The molecule has 2 atom stereocenters. The molecule has 0 spiro atoms. The van der Waals surface area contributed by atoms with E-state index in [-0.39, 0.29) is 29.0 Å². The normalized spacial score (nSPS) is 16.5. The number of pyridine rings is 1. The van der Waals surface area contributed by atoms with Crippen LogP contribution in [0.15, 0.2) is 103 Å². The Morgan fingerprint density at radius 3 is 2.14 bits per heavy atom. The first-order chi connectivity index (χ1) is 28.4. The van der Waals surface area contributed by atoms with E-state index in [4.69, 9.17) is 4.98 Å². The van der Waals surface area contributed by atoms with Gasteiger partial charge in [-0.15, -0.1) is 0 Å². The smallest absolute Gasteiger partial charge is 0.328 e. The summed E-state index contributed by atoms with van der Waals surface area (Å²) in [6, 6.07) is 22.0. The van der Waals surface area contributed by atoms with E-state index < -0.39 is 6.43 Å². The summed E-state index contributed by atoms with van der Waals surface area (Å²) in [6.45, 7) is 2.45. The first kappa shape index (κ1) is 36.5. The van der Waals surface area contributed by atoms with Gasteiger partial charge in [0, 0.05) is 105 Å². The lowest BCUT2D eigenvalue weighted by Gasteiger charge is -2.38. The van der Waals surface area contributed by atoms with Gasteiger partial charge < -0.3 is 9.80 Å². The van der Waals surface area contributed by atoms with Gasteiger partial charge in [0.15, 0.2) is 0 Å². The van der Waals surface area contributed by atoms with Crippen molar-refractivity contribution in [3.8, 4) is 33.5 Å². The van der Waals surface area contributed by atoms with Crippen molar-refractivity contribution in [3.05, 3.63) is 130 Å². The van der Waals surface area contributed by atoms with Crippen molar-refractivity contribution in [2.45, 2.75) is 31.6 Å². The second kappa shape index (κ2) is 13.3. The molecule has 0 radical (unpaired) electrons. The highest BCUT2D eigenvalue weighted by atomic mass is 19.3. The van der Waals surface area contributed by atoms with Crippen molar-refractivity contribution >= 4 is 44.8 Å². The highest BCUT2D eigenvalue weighted by molar-refractivity contribution is 6.05. The Labute approximate surface area is 338 Å². The van der Waals surface area contributed by atoms with E-state index in [9.17, 15) is 9.59 Å². The van der Waals surface area contributed by atoms with Gasteiger partial charge in [0.25, 0.3) is 6.43 Å². The molecule has 10 rings (SSSR count). The summed E-state index contributed by atoms with van der Waals surface area (Å²) >= 11 is 0. The molecule has 1 amide bonds. The van der Waals surface area contributed by atoms with Crippen molar-refractivity contribution in [3.63, 3.8) is 0 Å². The fourth-order valence-electron chi connectivity index (χ4n) is 9.35. The number of hydrogen-bond acceptors (Lipinski definition) is 6. The number of hydrogen-bond donors (Lipinski definition) is 0. The van der Waals surface area contributed by atoms with Crippen LogP contribution in [0.4, 0.5) is 25.8 Å². The number of halogens is 2. The van der Waals surface area contributed by atoms with Crippen LogP contribution in [0.25, 0.3) is 55.3 Å². The van der Waals surface area contributed by atoms with Gasteiger partial charge in [0.2, 0.25) is 5.91 Å². The highest BCUT2D eigenvalue weighted by Crippen LogP contribution is 2.50. The molecule has 0 aliphatic carbocycles. The maximum Gasteiger partial charge on any atom is 0.328 e. The molecule has 4 aromatic heterocycles. The Hall–Kier alpha value is -6.89. The molecule has 0 saturated heterocycles. The number of carbonyl (C=O) groups excluding carboxylic acids is 1. The number of nitrogens with zero attached hydrogens (tertiary/aromatic N) is 9. The quantitative estimate of drug-likeness (QED) is 0.168. The van der Waals surface area contributed by atoms with Crippen molar-refractivity contribution in [2.75, 3.05) is 23.4 Å². The summed E-state index contributed by atoms with van der Waals surface area (Å²) in [6.07, 6.45) is 6.98. The summed E-state index contributed by atoms with van der Waals surface area (Å²) in [5, 5.41) is 10.7. The summed E-state index contributed by atoms with van der Waals surface area (Å²) in [5.41, 5.74) is 11.3. The number of carbonyl (C=O) groups is 1. The number of amides is 1. The lowest BCUT2D eigenvalue weighted by molar-refractivity contribution is -0.118. The lowest BCUT2D eigenvalue weighted by atomic mass is 9.79. The predicted molar refractivity (Wildman–Crippen MR) is 226 cm³/mol. The number of aryl methyl sites for hydroxylation is 4. The number of rotatable bonds is 6. The third-order valence-corrected chi connectivity index (χ3v) is 12.5. The number of anilines is 3. The Balaban J connectivity index is 1.20. The fourth-order valence-corrected chi connectivity index (χ4v) is 9.35. The lowest BCUT2D eigenvalue weighted by Crippen LogP contribution is -2.28. The van der Waals surface area contributed by atoms with Gasteiger partial charge in [-0.1, -0.05) is 24.3 Å². The molecule has 13 heteroatoms. The van der Waals surface area contributed by atoms with E-state index in [1.807, 2.05) is 68.8 Å². The third kappa shape index (κ3) is 5.62. The molecule has 1 unspecified atom stereocenters. The predicted octanol–water partition coefficient (Wildman–Crippen LogP) is 8.58. The first-order valence-electron chi connectivity index (χ1n) is 19.6. The molecule has 8 aromatic rings. The average Bonchev–Trinajstić information content (AvgIpc) is 3.99. The maximum absolute atomic E-state index is 15.2. The molecular formula is C46H41F2N9O2. The van der Waals surface area contributed by atoms with E-state index in [1.165, 1.54) is 0 Å². The van der Waals surface area contributed by atoms with Gasteiger partial charge >= 0.3 is 5.69 Å². The average molecular weight is 790 g/mol.